The molecule has 6 nitrogen and oxygen atoms in total. The molecule has 2 N–H and O–H groups in total. The summed E-state index contributed by atoms with van der Waals surface area (Å²) < 4.78 is 5.41. The van der Waals surface area contributed by atoms with Crippen LogP contribution >= 0.6 is 0 Å². The Kier molecular flexibility index (Phi) is 6.42. The fourth-order valence-electron chi connectivity index (χ4n) is 3.33. The first kappa shape index (κ1) is 20.7. The number of carbonyl (C=O) groups excluding carboxylic acids is 2. The first-order valence-corrected chi connectivity index (χ1v) is 10.2. The number of anilines is 3. The van der Waals surface area contributed by atoms with Crippen molar-refractivity contribution in [2.24, 2.45) is 5.41 Å². The number of hydrogen-bond acceptors (Lipinski definition) is 4. The Morgan fingerprint density at radius 1 is 0.862 bits per heavy atom. The molecule has 0 saturated heterocycles. The molecule has 2 aromatic rings. The number of amides is 2. The second-order valence-corrected chi connectivity index (χ2v) is 7.17. The maximum Gasteiger partial charge on any atom is 0.240 e. The van der Waals surface area contributed by atoms with Gasteiger partial charge < -0.3 is 20.3 Å². The van der Waals surface area contributed by atoms with E-state index < -0.39 is 5.41 Å². The lowest BCUT2D eigenvalue weighted by molar-refractivity contribution is -0.131. The van der Waals surface area contributed by atoms with Crippen molar-refractivity contribution >= 4 is 28.9 Å². The van der Waals surface area contributed by atoms with Gasteiger partial charge in [0.2, 0.25) is 11.8 Å². The van der Waals surface area contributed by atoms with Gasteiger partial charge in [-0.15, -0.1) is 0 Å². The standard InChI is InChI=1S/C23H29N3O3/c1-4-26(5-2)19-11-7-17(8-12-19)24-21(27)23(15-16-23)22(28)25-18-9-13-20(14-10-18)29-6-3/h7-14H,4-6,15-16H2,1-3H3,(H,24,27)(H,25,28). The summed E-state index contributed by atoms with van der Waals surface area (Å²) in [5, 5.41) is 5.76. The largest absolute Gasteiger partial charge is 0.494 e. The van der Waals surface area contributed by atoms with Crippen LogP contribution in [0.2, 0.25) is 0 Å². The Bertz CT molecular complexity index is 839. The molecule has 154 valence electrons. The van der Waals surface area contributed by atoms with E-state index in [1.165, 1.54) is 0 Å². The van der Waals surface area contributed by atoms with Crippen LogP contribution in [0.4, 0.5) is 17.1 Å². The molecule has 0 bridgehead atoms. The molecule has 29 heavy (non-hydrogen) atoms. The van der Waals surface area contributed by atoms with E-state index >= 15 is 0 Å². The molecule has 6 heteroatoms. The molecule has 0 aliphatic heterocycles. The summed E-state index contributed by atoms with van der Waals surface area (Å²) >= 11 is 0. The summed E-state index contributed by atoms with van der Waals surface area (Å²) in [4.78, 5) is 27.8. The van der Waals surface area contributed by atoms with Crippen molar-refractivity contribution in [2.45, 2.75) is 33.6 Å². The monoisotopic (exact) mass is 395 g/mol. The third-order valence-corrected chi connectivity index (χ3v) is 5.30. The second kappa shape index (κ2) is 8.99. The molecular weight excluding hydrogens is 366 g/mol. The van der Waals surface area contributed by atoms with E-state index in [2.05, 4.69) is 29.4 Å². The molecule has 2 aromatic carbocycles. The lowest BCUT2D eigenvalue weighted by Crippen LogP contribution is -2.35. The summed E-state index contributed by atoms with van der Waals surface area (Å²) in [7, 11) is 0. The zero-order valence-electron chi connectivity index (χ0n) is 17.3. The lowest BCUT2D eigenvalue weighted by atomic mass is 10.0. The van der Waals surface area contributed by atoms with Crippen LogP contribution in [0.5, 0.6) is 5.75 Å². The average molecular weight is 396 g/mol. The topological polar surface area (TPSA) is 70.7 Å². The molecule has 1 aliphatic carbocycles. The van der Waals surface area contributed by atoms with Crippen molar-refractivity contribution in [3.63, 3.8) is 0 Å². The quantitative estimate of drug-likeness (QED) is 0.622. The van der Waals surface area contributed by atoms with E-state index in [0.29, 0.717) is 30.8 Å². The van der Waals surface area contributed by atoms with E-state index in [4.69, 9.17) is 4.74 Å². The lowest BCUT2D eigenvalue weighted by Gasteiger charge is -2.21. The highest BCUT2D eigenvalue weighted by Gasteiger charge is 2.56. The second-order valence-electron chi connectivity index (χ2n) is 7.17. The third-order valence-electron chi connectivity index (χ3n) is 5.30. The van der Waals surface area contributed by atoms with E-state index in [1.54, 1.807) is 24.3 Å². The highest BCUT2D eigenvalue weighted by atomic mass is 16.5. The van der Waals surface area contributed by atoms with Crippen molar-refractivity contribution in [2.75, 3.05) is 35.2 Å². The molecule has 0 spiro atoms. The van der Waals surface area contributed by atoms with E-state index in [0.717, 1.165) is 24.5 Å². The number of nitrogens with one attached hydrogen (secondary N) is 2. The summed E-state index contributed by atoms with van der Waals surface area (Å²) in [6, 6.07) is 14.9. The van der Waals surface area contributed by atoms with Gasteiger partial charge in [-0.05, 0) is 82.1 Å². The Morgan fingerprint density at radius 3 is 1.76 bits per heavy atom. The van der Waals surface area contributed by atoms with Gasteiger partial charge in [-0.2, -0.15) is 0 Å². The molecule has 0 radical (unpaired) electrons. The molecule has 2 amide bonds. The predicted octanol–water partition coefficient (Wildman–Crippen LogP) is 4.29. The first-order chi connectivity index (χ1) is 14.0. The molecule has 0 aromatic heterocycles. The van der Waals surface area contributed by atoms with Gasteiger partial charge >= 0.3 is 0 Å². The zero-order valence-corrected chi connectivity index (χ0v) is 17.3. The van der Waals surface area contributed by atoms with Gasteiger partial charge in [0.1, 0.15) is 11.2 Å². The van der Waals surface area contributed by atoms with Crippen LogP contribution in [0.3, 0.4) is 0 Å². The van der Waals surface area contributed by atoms with Gasteiger partial charge in [0, 0.05) is 30.2 Å². The Labute approximate surface area is 172 Å². The number of benzene rings is 2. The van der Waals surface area contributed by atoms with Crippen LogP contribution in [0, 0.1) is 5.41 Å². The maximum atomic E-state index is 12.8. The van der Waals surface area contributed by atoms with Crippen LogP contribution in [0.15, 0.2) is 48.5 Å². The van der Waals surface area contributed by atoms with Gasteiger partial charge in [0.05, 0.1) is 6.61 Å². The molecule has 1 fully saturated rings. The van der Waals surface area contributed by atoms with Crippen LogP contribution in [0.25, 0.3) is 0 Å². The number of rotatable bonds is 9. The first-order valence-electron chi connectivity index (χ1n) is 10.2. The van der Waals surface area contributed by atoms with Gasteiger partial charge in [0.15, 0.2) is 0 Å². The number of ether oxygens (including phenoxy) is 1. The van der Waals surface area contributed by atoms with E-state index in [-0.39, 0.29) is 11.8 Å². The molecule has 3 rings (SSSR count). The van der Waals surface area contributed by atoms with Gasteiger partial charge in [-0.1, -0.05) is 0 Å². The molecular formula is C23H29N3O3. The minimum absolute atomic E-state index is 0.253. The van der Waals surface area contributed by atoms with Crippen LogP contribution in [0.1, 0.15) is 33.6 Å². The molecule has 0 heterocycles. The number of carbonyl (C=O) groups is 2. The van der Waals surface area contributed by atoms with Crippen molar-refractivity contribution in [3.8, 4) is 5.75 Å². The zero-order chi connectivity index (χ0) is 20.9. The highest BCUT2D eigenvalue weighted by Crippen LogP contribution is 2.47. The van der Waals surface area contributed by atoms with E-state index in [9.17, 15) is 9.59 Å². The smallest absolute Gasteiger partial charge is 0.240 e. The van der Waals surface area contributed by atoms with Crippen molar-refractivity contribution < 1.29 is 14.3 Å². The Hall–Kier alpha value is -3.02. The summed E-state index contributed by atoms with van der Waals surface area (Å²) in [5.41, 5.74) is 1.48. The minimum Gasteiger partial charge on any atom is -0.494 e. The number of nitrogens with zero attached hydrogens (tertiary/aromatic N) is 1. The molecule has 1 aliphatic rings. The third kappa shape index (κ3) is 4.70. The molecule has 1 saturated carbocycles. The average Bonchev–Trinajstić information content (AvgIpc) is 3.54. The molecule has 0 unspecified atom stereocenters. The highest BCUT2D eigenvalue weighted by molar-refractivity contribution is 6.16. The van der Waals surface area contributed by atoms with Crippen molar-refractivity contribution in [1.29, 1.82) is 0 Å². The fraction of sp³-hybridized carbons (Fsp3) is 0.391. The van der Waals surface area contributed by atoms with E-state index in [1.807, 2.05) is 31.2 Å². The van der Waals surface area contributed by atoms with Gasteiger partial charge in [-0.3, -0.25) is 9.59 Å². The number of hydrogen-bond donors (Lipinski definition) is 2. The molecule has 0 atom stereocenters. The minimum atomic E-state index is -0.990. The maximum absolute atomic E-state index is 12.8. The Morgan fingerprint density at radius 2 is 1.34 bits per heavy atom. The fourth-order valence-corrected chi connectivity index (χ4v) is 3.33. The summed E-state index contributed by atoms with van der Waals surface area (Å²) in [5.74, 6) is 0.230. The summed E-state index contributed by atoms with van der Waals surface area (Å²) in [6.07, 6.45) is 1.11. The summed E-state index contributed by atoms with van der Waals surface area (Å²) in [6.45, 7) is 8.58. The van der Waals surface area contributed by atoms with Crippen molar-refractivity contribution in [3.05, 3.63) is 48.5 Å². The predicted molar refractivity (Wildman–Crippen MR) is 117 cm³/mol. The van der Waals surface area contributed by atoms with Gasteiger partial charge in [0.25, 0.3) is 0 Å². The SMILES string of the molecule is CCOc1ccc(NC(=O)C2(C(=O)Nc3ccc(N(CC)CC)cc3)CC2)cc1. The van der Waals surface area contributed by atoms with Crippen molar-refractivity contribution in [1.82, 2.24) is 0 Å². The Balaban J connectivity index is 1.62. The normalized spacial score (nSPS) is 14.0. The van der Waals surface area contributed by atoms with Crippen LogP contribution < -0.4 is 20.3 Å². The van der Waals surface area contributed by atoms with Gasteiger partial charge in [-0.25, -0.2) is 0 Å². The van der Waals surface area contributed by atoms with Crippen LogP contribution in [-0.2, 0) is 9.59 Å². The van der Waals surface area contributed by atoms with Crippen LogP contribution in [-0.4, -0.2) is 31.5 Å².